The van der Waals surface area contributed by atoms with Crippen LogP contribution in [0.2, 0.25) is 0 Å². The summed E-state index contributed by atoms with van der Waals surface area (Å²) in [5.74, 6) is -1.89. The van der Waals surface area contributed by atoms with E-state index in [2.05, 4.69) is 0 Å². The number of sulfonamides is 1. The SMILES string of the molecule is CC(C)N(CC#N)S(=O)(=O)c1cc(F)ccc1F. The lowest BCUT2D eigenvalue weighted by Gasteiger charge is -2.23. The van der Waals surface area contributed by atoms with Crippen molar-refractivity contribution in [2.24, 2.45) is 0 Å². The van der Waals surface area contributed by atoms with Crippen LogP contribution in [0.1, 0.15) is 13.8 Å². The molecule has 0 aliphatic carbocycles. The van der Waals surface area contributed by atoms with Crippen LogP contribution in [0.4, 0.5) is 8.78 Å². The summed E-state index contributed by atoms with van der Waals surface area (Å²) in [5, 5.41) is 8.60. The van der Waals surface area contributed by atoms with Crippen LogP contribution in [0.25, 0.3) is 0 Å². The molecule has 0 heterocycles. The van der Waals surface area contributed by atoms with Gasteiger partial charge in [0.05, 0.1) is 6.07 Å². The Morgan fingerprint density at radius 2 is 2.00 bits per heavy atom. The van der Waals surface area contributed by atoms with Gasteiger partial charge in [0.1, 0.15) is 23.1 Å². The Bertz CT molecular complexity index is 579. The second-order valence-electron chi connectivity index (χ2n) is 3.88. The lowest BCUT2D eigenvalue weighted by atomic mass is 10.3. The van der Waals surface area contributed by atoms with E-state index in [1.165, 1.54) is 0 Å². The maximum absolute atomic E-state index is 13.5. The minimum absolute atomic E-state index is 0.421. The normalized spacial score (nSPS) is 11.8. The second-order valence-corrected chi connectivity index (χ2v) is 5.74. The second kappa shape index (κ2) is 5.42. The molecule has 0 amide bonds. The Morgan fingerprint density at radius 1 is 1.39 bits per heavy atom. The highest BCUT2D eigenvalue weighted by molar-refractivity contribution is 7.89. The van der Waals surface area contributed by atoms with Gasteiger partial charge < -0.3 is 0 Å². The Morgan fingerprint density at radius 3 is 2.50 bits per heavy atom. The zero-order chi connectivity index (χ0) is 13.9. The molecule has 1 rings (SSSR count). The summed E-state index contributed by atoms with van der Waals surface area (Å²) >= 11 is 0. The summed E-state index contributed by atoms with van der Waals surface area (Å²) in [4.78, 5) is -0.758. The van der Waals surface area contributed by atoms with E-state index in [-0.39, 0.29) is 0 Å². The maximum atomic E-state index is 13.5. The first kappa shape index (κ1) is 14.5. The van der Waals surface area contributed by atoms with Crippen molar-refractivity contribution in [1.82, 2.24) is 4.31 Å². The van der Waals surface area contributed by atoms with Gasteiger partial charge in [-0.2, -0.15) is 9.57 Å². The van der Waals surface area contributed by atoms with Gasteiger partial charge in [0.25, 0.3) is 0 Å². The van der Waals surface area contributed by atoms with E-state index < -0.39 is 39.1 Å². The van der Waals surface area contributed by atoms with Crippen LogP contribution >= 0.6 is 0 Å². The highest BCUT2D eigenvalue weighted by Crippen LogP contribution is 2.21. The van der Waals surface area contributed by atoms with Crippen LogP contribution in [0.5, 0.6) is 0 Å². The van der Waals surface area contributed by atoms with Crippen molar-refractivity contribution in [2.75, 3.05) is 6.54 Å². The zero-order valence-corrected chi connectivity index (χ0v) is 10.7. The molecule has 0 unspecified atom stereocenters. The number of benzene rings is 1. The largest absolute Gasteiger partial charge is 0.247 e. The Kier molecular flexibility index (Phi) is 4.38. The van der Waals surface area contributed by atoms with Crippen molar-refractivity contribution in [3.8, 4) is 6.07 Å². The molecule has 0 aliphatic rings. The molecule has 0 saturated carbocycles. The van der Waals surface area contributed by atoms with Gasteiger partial charge in [0.2, 0.25) is 10.0 Å². The van der Waals surface area contributed by atoms with Gasteiger partial charge in [-0.25, -0.2) is 17.2 Å². The summed E-state index contributed by atoms with van der Waals surface area (Å²) in [6, 6.07) is 3.34. The predicted molar refractivity (Wildman–Crippen MR) is 61.0 cm³/mol. The molecule has 7 heteroatoms. The van der Waals surface area contributed by atoms with E-state index in [1.807, 2.05) is 0 Å². The molecular formula is C11H12F2N2O2S. The fraction of sp³-hybridized carbons (Fsp3) is 0.364. The van der Waals surface area contributed by atoms with Crippen LogP contribution in [-0.4, -0.2) is 25.3 Å². The number of rotatable bonds is 4. The molecule has 0 spiro atoms. The summed E-state index contributed by atoms with van der Waals surface area (Å²) in [5.41, 5.74) is 0. The van der Waals surface area contributed by atoms with Crippen LogP contribution in [0.3, 0.4) is 0 Å². The quantitative estimate of drug-likeness (QED) is 0.788. The minimum Gasteiger partial charge on any atom is -0.207 e. The Balaban J connectivity index is 3.36. The number of nitriles is 1. The summed E-state index contributed by atoms with van der Waals surface area (Å²) < 4.78 is 51.5. The smallest absolute Gasteiger partial charge is 0.207 e. The third kappa shape index (κ3) is 2.83. The average Bonchev–Trinajstić information content (AvgIpc) is 2.28. The van der Waals surface area contributed by atoms with Gasteiger partial charge in [-0.05, 0) is 32.0 Å². The lowest BCUT2D eigenvalue weighted by molar-refractivity contribution is 0.382. The van der Waals surface area contributed by atoms with Crippen LogP contribution in [0.15, 0.2) is 23.1 Å². The first-order chi connectivity index (χ1) is 8.30. The number of halogens is 2. The number of hydrogen-bond acceptors (Lipinski definition) is 3. The van der Waals surface area contributed by atoms with Crippen LogP contribution < -0.4 is 0 Å². The van der Waals surface area contributed by atoms with E-state index in [1.54, 1.807) is 19.9 Å². The molecule has 0 atom stereocenters. The minimum atomic E-state index is -4.22. The van der Waals surface area contributed by atoms with E-state index in [0.717, 1.165) is 16.4 Å². The van der Waals surface area contributed by atoms with Gasteiger partial charge >= 0.3 is 0 Å². The molecule has 0 fully saturated rings. The summed E-state index contributed by atoms with van der Waals surface area (Å²) in [6.07, 6.45) is 0. The maximum Gasteiger partial charge on any atom is 0.247 e. The third-order valence-electron chi connectivity index (χ3n) is 2.28. The van der Waals surface area contributed by atoms with E-state index in [4.69, 9.17) is 5.26 Å². The fourth-order valence-corrected chi connectivity index (χ4v) is 3.03. The van der Waals surface area contributed by atoms with E-state index >= 15 is 0 Å². The molecule has 0 aromatic heterocycles. The molecule has 98 valence electrons. The highest BCUT2D eigenvalue weighted by Gasteiger charge is 2.29. The van der Waals surface area contributed by atoms with Crippen LogP contribution in [0, 0.1) is 23.0 Å². The van der Waals surface area contributed by atoms with Crippen LogP contribution in [-0.2, 0) is 10.0 Å². The first-order valence-electron chi connectivity index (χ1n) is 5.14. The average molecular weight is 274 g/mol. The van der Waals surface area contributed by atoms with E-state index in [0.29, 0.717) is 6.07 Å². The van der Waals surface area contributed by atoms with Crippen molar-refractivity contribution in [2.45, 2.75) is 24.8 Å². The molecule has 0 radical (unpaired) electrons. The monoisotopic (exact) mass is 274 g/mol. The van der Waals surface area contributed by atoms with Crippen molar-refractivity contribution in [1.29, 1.82) is 5.26 Å². The molecule has 4 nitrogen and oxygen atoms in total. The van der Waals surface area contributed by atoms with Gasteiger partial charge in [-0.1, -0.05) is 0 Å². The van der Waals surface area contributed by atoms with Gasteiger partial charge in [0, 0.05) is 6.04 Å². The molecule has 0 N–H and O–H groups in total. The van der Waals surface area contributed by atoms with Crippen molar-refractivity contribution in [3.05, 3.63) is 29.8 Å². The molecule has 1 aromatic carbocycles. The van der Waals surface area contributed by atoms with Gasteiger partial charge in [-0.3, -0.25) is 0 Å². The van der Waals surface area contributed by atoms with Crippen molar-refractivity contribution in [3.63, 3.8) is 0 Å². The lowest BCUT2D eigenvalue weighted by Crippen LogP contribution is -2.37. The molecule has 18 heavy (non-hydrogen) atoms. The van der Waals surface area contributed by atoms with Crippen molar-refractivity contribution < 1.29 is 17.2 Å². The number of nitrogens with zero attached hydrogens (tertiary/aromatic N) is 2. The molecule has 1 aromatic rings. The van der Waals surface area contributed by atoms with E-state index in [9.17, 15) is 17.2 Å². The fourth-order valence-electron chi connectivity index (χ4n) is 1.42. The van der Waals surface area contributed by atoms with Crippen molar-refractivity contribution >= 4 is 10.0 Å². The number of hydrogen-bond donors (Lipinski definition) is 0. The molecule has 0 bridgehead atoms. The third-order valence-corrected chi connectivity index (χ3v) is 4.32. The standard InChI is InChI=1S/C11H12F2N2O2S/c1-8(2)15(6-5-14)18(16,17)11-7-9(12)3-4-10(11)13/h3-4,7-8H,6H2,1-2H3. The molecule has 0 aliphatic heterocycles. The Labute approximate surface area is 105 Å². The predicted octanol–water partition coefficient (Wildman–Crippen LogP) is 1.89. The highest BCUT2D eigenvalue weighted by atomic mass is 32.2. The summed E-state index contributed by atoms with van der Waals surface area (Å²) in [7, 11) is -4.22. The zero-order valence-electron chi connectivity index (χ0n) is 9.89. The first-order valence-corrected chi connectivity index (χ1v) is 6.58. The topological polar surface area (TPSA) is 61.2 Å². The van der Waals surface area contributed by atoms with Gasteiger partial charge in [-0.15, -0.1) is 0 Å². The summed E-state index contributed by atoms with van der Waals surface area (Å²) in [6.45, 7) is 2.67. The molecule has 0 saturated heterocycles. The van der Waals surface area contributed by atoms with Gasteiger partial charge in [0.15, 0.2) is 0 Å². The molecular weight excluding hydrogens is 262 g/mol. The Hall–Kier alpha value is -1.52.